The molecule has 9 heteroatoms. The quantitative estimate of drug-likeness (QED) is 0.380. The molecule has 34 heavy (non-hydrogen) atoms. The fraction of sp³-hybridized carbons (Fsp3) is 0.280. The van der Waals surface area contributed by atoms with E-state index >= 15 is 0 Å². The van der Waals surface area contributed by atoms with E-state index < -0.39 is 22.5 Å². The summed E-state index contributed by atoms with van der Waals surface area (Å²) in [5.41, 5.74) is 9.89. The summed E-state index contributed by atoms with van der Waals surface area (Å²) in [6, 6.07) is 13.0. The number of hydrazone groups is 1. The van der Waals surface area contributed by atoms with Crippen LogP contribution in [-0.2, 0) is 14.8 Å². The van der Waals surface area contributed by atoms with E-state index in [4.69, 9.17) is 11.6 Å². The van der Waals surface area contributed by atoms with Crippen LogP contribution in [0.25, 0.3) is 5.69 Å². The van der Waals surface area contributed by atoms with Crippen molar-refractivity contribution in [2.75, 3.05) is 17.1 Å². The first-order chi connectivity index (χ1) is 15.9. The molecule has 0 fully saturated rings. The smallest absolute Gasteiger partial charge is 0.260 e. The Morgan fingerprint density at radius 3 is 2.29 bits per heavy atom. The Balaban J connectivity index is 1.79. The normalized spacial score (nSPS) is 11.7. The van der Waals surface area contributed by atoms with Gasteiger partial charge in [-0.3, -0.25) is 9.10 Å². The number of aromatic nitrogens is 1. The average molecular weight is 501 g/mol. The molecule has 3 aromatic rings. The molecule has 0 saturated heterocycles. The first-order valence-corrected chi connectivity index (χ1v) is 12.9. The second-order valence-corrected chi connectivity index (χ2v) is 10.7. The maximum atomic E-state index is 12.5. The van der Waals surface area contributed by atoms with E-state index in [1.807, 2.05) is 32.9 Å². The molecule has 1 heterocycles. The van der Waals surface area contributed by atoms with Gasteiger partial charge in [-0.25, -0.2) is 13.8 Å². The zero-order valence-electron chi connectivity index (χ0n) is 20.2. The molecule has 2 aromatic carbocycles. The highest BCUT2D eigenvalue weighted by atomic mass is 35.5. The summed E-state index contributed by atoms with van der Waals surface area (Å²) in [6.07, 6.45) is 2.61. The van der Waals surface area contributed by atoms with Crippen molar-refractivity contribution in [1.29, 1.82) is 0 Å². The summed E-state index contributed by atoms with van der Waals surface area (Å²) in [7, 11) is -3.71. The number of amides is 1. The van der Waals surface area contributed by atoms with Gasteiger partial charge in [0.05, 0.1) is 23.8 Å². The van der Waals surface area contributed by atoms with Crippen molar-refractivity contribution in [3.63, 3.8) is 0 Å². The van der Waals surface area contributed by atoms with Crippen molar-refractivity contribution in [1.82, 2.24) is 9.99 Å². The molecular formula is C25H29ClN4O3S. The molecule has 0 saturated carbocycles. The molecule has 1 amide bonds. The van der Waals surface area contributed by atoms with Crippen LogP contribution in [0.2, 0.25) is 5.02 Å². The molecule has 1 aromatic heterocycles. The minimum absolute atomic E-state index is 0.314. The Labute approximate surface area is 206 Å². The molecule has 0 bridgehead atoms. The third-order valence-corrected chi connectivity index (χ3v) is 7.20. The monoisotopic (exact) mass is 500 g/mol. The van der Waals surface area contributed by atoms with Crippen molar-refractivity contribution in [3.8, 4) is 5.69 Å². The third-order valence-electron chi connectivity index (χ3n) is 5.66. The average Bonchev–Trinajstić information content (AvgIpc) is 3.01. The number of aryl methyl sites for hydroxylation is 4. The lowest BCUT2D eigenvalue weighted by Crippen LogP contribution is -2.39. The van der Waals surface area contributed by atoms with Gasteiger partial charge >= 0.3 is 0 Å². The molecule has 0 aliphatic carbocycles. The van der Waals surface area contributed by atoms with E-state index in [9.17, 15) is 13.2 Å². The number of nitrogens with zero attached hydrogens (tertiary/aromatic N) is 3. The number of carbonyl (C=O) groups excluding carboxylic acids is 1. The lowest BCUT2D eigenvalue weighted by Gasteiger charge is -2.21. The van der Waals surface area contributed by atoms with Crippen molar-refractivity contribution in [3.05, 3.63) is 81.1 Å². The van der Waals surface area contributed by atoms with Crippen LogP contribution in [0.4, 0.5) is 5.69 Å². The standard InChI is InChI=1S/C25H29ClN4O3S/c1-16-10-11-22(13-23(16)26)29(34(6,32)33)15-24(31)28-27-14-21-12-19(4)30(20(21)5)25-17(2)8-7-9-18(25)3/h7-14H,15H2,1-6H3,(H,28,31)/b27-14-. The topological polar surface area (TPSA) is 83.8 Å². The molecule has 0 atom stereocenters. The van der Waals surface area contributed by atoms with Crippen LogP contribution in [-0.4, -0.2) is 37.9 Å². The van der Waals surface area contributed by atoms with Gasteiger partial charge in [0, 0.05) is 22.0 Å². The highest BCUT2D eigenvalue weighted by Gasteiger charge is 2.21. The lowest BCUT2D eigenvalue weighted by atomic mass is 10.1. The SMILES string of the molecule is Cc1ccc(N(CC(=O)N/N=C\c2cc(C)n(-c3c(C)cccc3C)c2C)S(C)(=O)=O)cc1Cl. The highest BCUT2D eigenvalue weighted by Crippen LogP contribution is 2.26. The predicted octanol–water partition coefficient (Wildman–Crippen LogP) is 4.59. The number of anilines is 1. The molecule has 0 aliphatic heterocycles. The van der Waals surface area contributed by atoms with E-state index in [1.165, 1.54) is 6.07 Å². The Kier molecular flexibility index (Phi) is 7.53. The number of halogens is 1. The van der Waals surface area contributed by atoms with Crippen LogP contribution in [0.1, 0.15) is 33.6 Å². The van der Waals surface area contributed by atoms with Crippen molar-refractivity contribution in [2.45, 2.75) is 34.6 Å². The van der Waals surface area contributed by atoms with E-state index in [-0.39, 0.29) is 0 Å². The molecular weight excluding hydrogens is 472 g/mol. The van der Waals surface area contributed by atoms with Gasteiger partial charge in [0.15, 0.2) is 0 Å². The fourth-order valence-corrected chi connectivity index (χ4v) is 4.92. The first-order valence-electron chi connectivity index (χ1n) is 10.7. The molecule has 3 rings (SSSR count). The summed E-state index contributed by atoms with van der Waals surface area (Å²) in [5.74, 6) is -0.568. The molecule has 180 valence electrons. The lowest BCUT2D eigenvalue weighted by molar-refractivity contribution is -0.119. The molecule has 7 nitrogen and oxygen atoms in total. The number of rotatable bonds is 7. The number of nitrogens with one attached hydrogen (secondary N) is 1. The van der Waals surface area contributed by atoms with E-state index in [0.717, 1.165) is 49.9 Å². The van der Waals surface area contributed by atoms with Crippen LogP contribution >= 0.6 is 11.6 Å². The zero-order chi connectivity index (χ0) is 25.2. The summed E-state index contributed by atoms with van der Waals surface area (Å²) in [5, 5.41) is 4.49. The summed E-state index contributed by atoms with van der Waals surface area (Å²) in [4.78, 5) is 12.5. The molecule has 0 spiro atoms. The van der Waals surface area contributed by atoms with Gasteiger partial charge in [0.1, 0.15) is 6.54 Å². The van der Waals surface area contributed by atoms with E-state index in [0.29, 0.717) is 10.7 Å². The van der Waals surface area contributed by atoms with Crippen molar-refractivity contribution >= 4 is 39.4 Å². The van der Waals surface area contributed by atoms with Gasteiger partial charge < -0.3 is 4.57 Å². The second kappa shape index (κ2) is 10.0. The molecule has 0 aliphatic rings. The summed E-state index contributed by atoms with van der Waals surface area (Å²) >= 11 is 6.14. The van der Waals surface area contributed by atoms with E-state index in [2.05, 4.69) is 41.1 Å². The van der Waals surface area contributed by atoms with Crippen LogP contribution in [0.3, 0.4) is 0 Å². The predicted molar refractivity (Wildman–Crippen MR) is 139 cm³/mol. The van der Waals surface area contributed by atoms with Gasteiger partial charge in [-0.1, -0.05) is 35.9 Å². The van der Waals surface area contributed by atoms with Gasteiger partial charge in [-0.15, -0.1) is 0 Å². The first kappa shape index (κ1) is 25.5. The zero-order valence-corrected chi connectivity index (χ0v) is 21.8. The summed E-state index contributed by atoms with van der Waals surface area (Å²) < 4.78 is 27.8. The Morgan fingerprint density at radius 2 is 1.71 bits per heavy atom. The van der Waals surface area contributed by atoms with Gasteiger partial charge in [0.25, 0.3) is 5.91 Å². The van der Waals surface area contributed by atoms with Gasteiger partial charge in [-0.05, 0) is 69.5 Å². The van der Waals surface area contributed by atoms with E-state index in [1.54, 1.807) is 18.3 Å². The number of hydrogen-bond donors (Lipinski definition) is 1. The largest absolute Gasteiger partial charge is 0.317 e. The Bertz CT molecular complexity index is 1360. The number of carbonyl (C=O) groups is 1. The third kappa shape index (κ3) is 5.51. The number of para-hydroxylation sites is 1. The Morgan fingerprint density at radius 1 is 1.06 bits per heavy atom. The van der Waals surface area contributed by atoms with Gasteiger partial charge in [-0.2, -0.15) is 5.10 Å². The summed E-state index contributed by atoms with van der Waals surface area (Å²) in [6.45, 7) is 9.56. The number of benzene rings is 2. The minimum atomic E-state index is -3.71. The minimum Gasteiger partial charge on any atom is -0.317 e. The Hall–Kier alpha value is -3.10. The van der Waals surface area contributed by atoms with Crippen LogP contribution < -0.4 is 9.73 Å². The highest BCUT2D eigenvalue weighted by molar-refractivity contribution is 7.92. The van der Waals surface area contributed by atoms with Crippen LogP contribution in [0, 0.1) is 34.6 Å². The van der Waals surface area contributed by atoms with Crippen molar-refractivity contribution < 1.29 is 13.2 Å². The maximum absolute atomic E-state index is 12.5. The molecule has 0 unspecified atom stereocenters. The molecule has 0 radical (unpaired) electrons. The maximum Gasteiger partial charge on any atom is 0.260 e. The van der Waals surface area contributed by atoms with Gasteiger partial charge in [0.2, 0.25) is 10.0 Å². The second-order valence-electron chi connectivity index (χ2n) is 8.40. The van der Waals surface area contributed by atoms with Crippen LogP contribution in [0.15, 0.2) is 47.6 Å². The number of hydrogen-bond acceptors (Lipinski definition) is 4. The fourth-order valence-electron chi connectivity index (χ4n) is 3.90. The van der Waals surface area contributed by atoms with Crippen LogP contribution in [0.5, 0.6) is 0 Å². The molecule has 1 N–H and O–H groups in total. The number of sulfonamides is 1. The van der Waals surface area contributed by atoms with Crippen molar-refractivity contribution in [2.24, 2.45) is 5.10 Å².